The summed E-state index contributed by atoms with van der Waals surface area (Å²) >= 11 is 1.10. The molecule has 0 radical (unpaired) electrons. The molecule has 0 fully saturated rings. The first-order valence-electron chi connectivity index (χ1n) is 9.81. The van der Waals surface area contributed by atoms with Crippen molar-refractivity contribution in [3.63, 3.8) is 0 Å². The normalized spacial score (nSPS) is 12.2. The molecule has 4 aromatic rings. The highest BCUT2D eigenvalue weighted by molar-refractivity contribution is 7.22. The summed E-state index contributed by atoms with van der Waals surface area (Å²) in [5.41, 5.74) is -2.11. The Labute approximate surface area is 193 Å². The SMILES string of the molecule is Cc1cccc2sc(N(Cc3ccccn3)C(=O)c3cc(C(F)(F)F)cc(C(F)(F)F)c3)nc12. The number of carbonyl (C=O) groups is 1. The Kier molecular flexibility index (Phi) is 6.07. The number of pyridine rings is 1. The van der Waals surface area contributed by atoms with Gasteiger partial charge >= 0.3 is 12.4 Å². The lowest BCUT2D eigenvalue weighted by molar-refractivity contribution is -0.143. The van der Waals surface area contributed by atoms with Crippen LogP contribution in [0.2, 0.25) is 0 Å². The fraction of sp³-hybridized carbons (Fsp3) is 0.174. The highest BCUT2D eigenvalue weighted by Gasteiger charge is 2.38. The second kappa shape index (κ2) is 8.71. The molecule has 0 bridgehead atoms. The van der Waals surface area contributed by atoms with E-state index in [0.29, 0.717) is 28.0 Å². The number of alkyl halides is 6. The van der Waals surface area contributed by atoms with Gasteiger partial charge in [0.2, 0.25) is 0 Å². The van der Waals surface area contributed by atoms with Crippen LogP contribution in [0.15, 0.2) is 60.8 Å². The first-order valence-corrected chi connectivity index (χ1v) is 10.6. The summed E-state index contributed by atoms with van der Waals surface area (Å²) in [7, 11) is 0. The Hall–Kier alpha value is -3.47. The Morgan fingerprint density at radius 2 is 1.62 bits per heavy atom. The molecule has 11 heteroatoms. The summed E-state index contributed by atoms with van der Waals surface area (Å²) in [6.07, 6.45) is -8.68. The molecule has 2 aromatic carbocycles. The predicted molar refractivity (Wildman–Crippen MR) is 116 cm³/mol. The lowest BCUT2D eigenvalue weighted by atomic mass is 10.0. The Bertz CT molecular complexity index is 1320. The number of nitrogens with zero attached hydrogens (tertiary/aromatic N) is 3. The maximum Gasteiger partial charge on any atom is 0.416 e. The molecule has 0 spiro atoms. The van der Waals surface area contributed by atoms with Gasteiger partial charge in [0.15, 0.2) is 5.13 Å². The molecule has 0 saturated heterocycles. The van der Waals surface area contributed by atoms with E-state index in [1.807, 2.05) is 0 Å². The van der Waals surface area contributed by atoms with E-state index in [9.17, 15) is 31.1 Å². The van der Waals surface area contributed by atoms with Crippen LogP contribution in [-0.2, 0) is 18.9 Å². The van der Waals surface area contributed by atoms with E-state index in [1.165, 1.54) is 6.20 Å². The zero-order chi connectivity index (χ0) is 24.7. The molecule has 4 nitrogen and oxygen atoms in total. The average Bonchev–Trinajstić information content (AvgIpc) is 3.22. The molecule has 0 aliphatic carbocycles. The van der Waals surface area contributed by atoms with E-state index in [0.717, 1.165) is 21.8 Å². The third kappa shape index (κ3) is 4.89. The molecular formula is C23H15F6N3OS. The highest BCUT2D eigenvalue weighted by Crippen LogP contribution is 2.38. The summed E-state index contributed by atoms with van der Waals surface area (Å²) in [5, 5.41) is 0.130. The lowest BCUT2D eigenvalue weighted by Gasteiger charge is -2.21. The number of carbonyl (C=O) groups excluding carboxylic acids is 1. The van der Waals surface area contributed by atoms with Crippen LogP contribution in [0, 0.1) is 6.92 Å². The van der Waals surface area contributed by atoms with Gasteiger partial charge in [0, 0.05) is 11.8 Å². The third-order valence-corrected chi connectivity index (χ3v) is 6.01. The minimum Gasteiger partial charge on any atom is -0.278 e. The number of aromatic nitrogens is 2. The Morgan fingerprint density at radius 3 is 2.18 bits per heavy atom. The molecule has 1 amide bonds. The monoisotopic (exact) mass is 495 g/mol. The number of benzene rings is 2. The Morgan fingerprint density at radius 1 is 0.941 bits per heavy atom. The maximum absolute atomic E-state index is 13.4. The number of fused-ring (bicyclic) bond motifs is 1. The van der Waals surface area contributed by atoms with Crippen molar-refractivity contribution in [1.82, 2.24) is 9.97 Å². The third-order valence-electron chi connectivity index (χ3n) is 4.97. The number of anilines is 1. The van der Waals surface area contributed by atoms with Gasteiger partial charge in [-0.3, -0.25) is 14.7 Å². The fourth-order valence-electron chi connectivity index (χ4n) is 3.30. The van der Waals surface area contributed by atoms with Crippen LogP contribution in [0.1, 0.15) is 32.7 Å². The maximum atomic E-state index is 13.4. The number of hydrogen-bond donors (Lipinski definition) is 0. The molecule has 0 N–H and O–H groups in total. The molecule has 2 aromatic heterocycles. The molecule has 0 aliphatic rings. The zero-order valence-electron chi connectivity index (χ0n) is 17.4. The number of para-hydroxylation sites is 1. The van der Waals surface area contributed by atoms with Crippen molar-refractivity contribution in [2.75, 3.05) is 4.90 Å². The van der Waals surface area contributed by atoms with Gasteiger partial charge in [0.25, 0.3) is 5.91 Å². The smallest absolute Gasteiger partial charge is 0.278 e. The first kappa shape index (κ1) is 23.7. The summed E-state index contributed by atoms with van der Waals surface area (Å²) in [4.78, 5) is 23.0. The van der Waals surface area contributed by atoms with Gasteiger partial charge in [-0.25, -0.2) is 4.98 Å². The van der Waals surface area contributed by atoms with Crippen molar-refractivity contribution < 1.29 is 31.1 Å². The van der Waals surface area contributed by atoms with Gasteiger partial charge in [-0.2, -0.15) is 26.3 Å². The Balaban J connectivity index is 1.86. The molecule has 0 unspecified atom stereocenters. The van der Waals surface area contributed by atoms with E-state index in [2.05, 4.69) is 9.97 Å². The summed E-state index contributed by atoms with van der Waals surface area (Å²) in [6, 6.07) is 11.1. The number of thiazole rings is 1. The zero-order valence-corrected chi connectivity index (χ0v) is 18.2. The first-order chi connectivity index (χ1) is 15.9. The van der Waals surface area contributed by atoms with Gasteiger partial charge < -0.3 is 0 Å². The summed E-state index contributed by atoms with van der Waals surface area (Å²) in [5.74, 6) is -1.06. The number of hydrogen-bond acceptors (Lipinski definition) is 4. The van der Waals surface area contributed by atoms with Gasteiger partial charge in [-0.15, -0.1) is 0 Å². The van der Waals surface area contributed by atoms with Crippen molar-refractivity contribution in [3.8, 4) is 0 Å². The van der Waals surface area contributed by atoms with Crippen LogP contribution in [0.3, 0.4) is 0 Å². The number of rotatable bonds is 4. The minimum absolute atomic E-state index is 0.0130. The van der Waals surface area contributed by atoms with Crippen LogP contribution in [0.25, 0.3) is 10.2 Å². The number of halogens is 6. The van der Waals surface area contributed by atoms with Gasteiger partial charge in [-0.1, -0.05) is 29.5 Å². The van der Waals surface area contributed by atoms with E-state index < -0.39 is 35.0 Å². The average molecular weight is 495 g/mol. The largest absolute Gasteiger partial charge is 0.416 e. The van der Waals surface area contributed by atoms with Crippen molar-refractivity contribution in [2.45, 2.75) is 25.8 Å². The van der Waals surface area contributed by atoms with Gasteiger partial charge in [-0.05, 0) is 48.9 Å². The molecule has 0 saturated carbocycles. The number of amides is 1. The molecule has 0 aliphatic heterocycles. The van der Waals surface area contributed by atoms with Gasteiger partial charge in [0.1, 0.15) is 0 Å². The summed E-state index contributed by atoms with van der Waals surface area (Å²) in [6.45, 7) is 1.61. The quantitative estimate of drug-likeness (QED) is 0.290. The fourth-order valence-corrected chi connectivity index (χ4v) is 4.35. The predicted octanol–water partition coefficient (Wildman–Crippen LogP) is 6.88. The highest BCUT2D eigenvalue weighted by atomic mass is 32.1. The standard InChI is InChI=1S/C23H15F6N3OS/c1-13-5-4-7-18-19(13)31-21(34-18)32(12-17-6-2-3-8-30-17)20(33)14-9-15(22(24,25)26)11-16(10-14)23(27,28)29/h2-11H,12H2,1H3. The van der Waals surface area contributed by atoms with Crippen LogP contribution in [-0.4, -0.2) is 15.9 Å². The van der Waals surface area contributed by atoms with Crippen LogP contribution >= 0.6 is 11.3 Å². The van der Waals surface area contributed by atoms with Crippen molar-refractivity contribution >= 4 is 32.6 Å². The van der Waals surface area contributed by atoms with Crippen LogP contribution in [0.5, 0.6) is 0 Å². The molecule has 2 heterocycles. The lowest BCUT2D eigenvalue weighted by Crippen LogP contribution is -2.31. The summed E-state index contributed by atoms with van der Waals surface area (Å²) < 4.78 is 80.8. The van der Waals surface area contributed by atoms with Crippen molar-refractivity contribution in [2.24, 2.45) is 0 Å². The molecule has 176 valence electrons. The molecule has 0 atom stereocenters. The topological polar surface area (TPSA) is 46.1 Å². The van der Waals surface area contributed by atoms with E-state index in [4.69, 9.17) is 0 Å². The van der Waals surface area contributed by atoms with E-state index >= 15 is 0 Å². The van der Waals surface area contributed by atoms with Crippen molar-refractivity contribution in [1.29, 1.82) is 0 Å². The van der Waals surface area contributed by atoms with Crippen LogP contribution < -0.4 is 4.90 Å². The van der Waals surface area contributed by atoms with Crippen molar-refractivity contribution in [3.05, 3.63) is 88.7 Å². The molecular weight excluding hydrogens is 480 g/mol. The number of aryl methyl sites for hydroxylation is 1. The van der Waals surface area contributed by atoms with E-state index in [1.54, 1.807) is 43.3 Å². The second-order valence-corrected chi connectivity index (χ2v) is 8.43. The molecule has 4 rings (SSSR count). The minimum atomic E-state index is -5.07. The van der Waals surface area contributed by atoms with Crippen LogP contribution in [0.4, 0.5) is 31.5 Å². The van der Waals surface area contributed by atoms with E-state index in [-0.39, 0.29) is 17.7 Å². The second-order valence-electron chi connectivity index (χ2n) is 7.43. The molecule has 34 heavy (non-hydrogen) atoms. The van der Waals surface area contributed by atoms with Gasteiger partial charge in [0.05, 0.1) is 33.6 Å².